The third-order valence-electron chi connectivity index (χ3n) is 1.55. The SMILES string of the molecule is CCO[Si](O)(O)O[Si](OCC)(OCC)OCC. The maximum absolute atomic E-state index is 9.57. The molecule has 0 aromatic carbocycles. The second kappa shape index (κ2) is 8.29. The minimum Gasteiger partial charge on any atom is -0.368 e. The van der Waals surface area contributed by atoms with Crippen LogP contribution in [0.15, 0.2) is 0 Å². The van der Waals surface area contributed by atoms with Crippen LogP contribution in [-0.2, 0) is 21.8 Å². The molecule has 0 heterocycles. The van der Waals surface area contributed by atoms with E-state index in [0.717, 1.165) is 0 Å². The van der Waals surface area contributed by atoms with Crippen LogP contribution >= 0.6 is 0 Å². The minimum absolute atomic E-state index is 0.119. The molecule has 0 bridgehead atoms. The van der Waals surface area contributed by atoms with E-state index in [1.54, 1.807) is 27.7 Å². The highest BCUT2D eigenvalue weighted by Gasteiger charge is 2.55. The third kappa shape index (κ3) is 6.59. The Morgan fingerprint density at radius 3 is 1.35 bits per heavy atom. The summed E-state index contributed by atoms with van der Waals surface area (Å²) in [5, 5.41) is 0. The van der Waals surface area contributed by atoms with Gasteiger partial charge in [0.2, 0.25) is 0 Å². The zero-order chi connectivity index (χ0) is 13.4. The summed E-state index contributed by atoms with van der Waals surface area (Å²) in [6, 6.07) is 0. The highest BCUT2D eigenvalue weighted by Crippen LogP contribution is 2.16. The molecule has 9 heteroatoms. The van der Waals surface area contributed by atoms with Crippen LogP contribution in [0.1, 0.15) is 27.7 Å². The molecule has 0 spiro atoms. The van der Waals surface area contributed by atoms with Crippen LogP contribution in [-0.4, -0.2) is 54.1 Å². The van der Waals surface area contributed by atoms with E-state index in [-0.39, 0.29) is 26.4 Å². The summed E-state index contributed by atoms with van der Waals surface area (Å²) < 4.78 is 25.7. The van der Waals surface area contributed by atoms with E-state index in [4.69, 9.17) is 21.8 Å². The first-order valence-corrected chi connectivity index (χ1v) is 9.00. The maximum Gasteiger partial charge on any atom is 0.673 e. The van der Waals surface area contributed by atoms with Crippen LogP contribution in [0, 0.1) is 0 Å². The smallest absolute Gasteiger partial charge is 0.368 e. The van der Waals surface area contributed by atoms with Crippen LogP contribution in [0.4, 0.5) is 0 Å². The zero-order valence-corrected chi connectivity index (χ0v) is 12.8. The largest absolute Gasteiger partial charge is 0.673 e. The molecule has 104 valence electrons. The van der Waals surface area contributed by atoms with Crippen molar-refractivity contribution in [1.29, 1.82) is 0 Å². The van der Waals surface area contributed by atoms with Gasteiger partial charge in [-0.05, 0) is 27.7 Å². The van der Waals surface area contributed by atoms with E-state index in [2.05, 4.69) is 0 Å². The lowest BCUT2D eigenvalue weighted by Crippen LogP contribution is -2.59. The molecule has 0 aromatic rings. The van der Waals surface area contributed by atoms with Crippen molar-refractivity contribution >= 4 is 18.1 Å². The quantitative estimate of drug-likeness (QED) is 0.547. The van der Waals surface area contributed by atoms with Crippen LogP contribution in [0.5, 0.6) is 0 Å². The van der Waals surface area contributed by atoms with E-state index < -0.39 is 18.1 Å². The highest BCUT2D eigenvalue weighted by atomic mass is 28.5. The molecule has 0 aliphatic carbocycles. The summed E-state index contributed by atoms with van der Waals surface area (Å²) in [7, 11) is -7.80. The van der Waals surface area contributed by atoms with E-state index in [1.807, 2.05) is 0 Å². The van der Waals surface area contributed by atoms with Gasteiger partial charge in [-0.25, -0.2) is 0 Å². The topological polar surface area (TPSA) is 86.6 Å². The lowest BCUT2D eigenvalue weighted by Gasteiger charge is -2.30. The Morgan fingerprint density at radius 1 is 0.706 bits per heavy atom. The van der Waals surface area contributed by atoms with Crippen LogP contribution in [0.2, 0.25) is 0 Å². The summed E-state index contributed by atoms with van der Waals surface area (Å²) in [6.45, 7) is 7.80. The normalized spacial score (nSPS) is 13.1. The van der Waals surface area contributed by atoms with Crippen LogP contribution < -0.4 is 0 Å². The molecule has 0 saturated heterocycles. The zero-order valence-electron chi connectivity index (χ0n) is 10.8. The van der Waals surface area contributed by atoms with Gasteiger partial charge in [0.25, 0.3) is 0 Å². The van der Waals surface area contributed by atoms with Crippen molar-refractivity contribution < 1.29 is 31.4 Å². The Morgan fingerprint density at radius 2 is 1.06 bits per heavy atom. The highest BCUT2D eigenvalue weighted by molar-refractivity contribution is 6.67. The predicted octanol–water partition coefficient (Wildman–Crippen LogP) is 0.00480. The summed E-state index contributed by atoms with van der Waals surface area (Å²) in [5.74, 6) is 0. The maximum atomic E-state index is 9.57. The predicted molar refractivity (Wildman–Crippen MR) is 63.5 cm³/mol. The summed E-state index contributed by atoms with van der Waals surface area (Å²) in [6.07, 6.45) is 0. The van der Waals surface area contributed by atoms with Crippen molar-refractivity contribution in [3.05, 3.63) is 0 Å². The third-order valence-corrected chi connectivity index (χ3v) is 6.21. The van der Waals surface area contributed by atoms with Crippen LogP contribution in [0.3, 0.4) is 0 Å². The number of rotatable bonds is 10. The van der Waals surface area contributed by atoms with Gasteiger partial charge < -0.3 is 31.4 Å². The van der Waals surface area contributed by atoms with Gasteiger partial charge in [-0.2, -0.15) is 0 Å². The molecular weight excluding hydrogens is 264 g/mol. The van der Waals surface area contributed by atoms with Crippen molar-refractivity contribution in [3.8, 4) is 0 Å². The van der Waals surface area contributed by atoms with E-state index in [0.29, 0.717) is 0 Å². The molecule has 0 fully saturated rings. The van der Waals surface area contributed by atoms with Gasteiger partial charge in [0.1, 0.15) is 0 Å². The van der Waals surface area contributed by atoms with Gasteiger partial charge >= 0.3 is 18.1 Å². The lowest BCUT2D eigenvalue weighted by molar-refractivity contribution is -0.0372. The Kier molecular flexibility index (Phi) is 8.36. The molecule has 7 nitrogen and oxygen atoms in total. The van der Waals surface area contributed by atoms with Crippen molar-refractivity contribution in [2.24, 2.45) is 0 Å². The van der Waals surface area contributed by atoms with Gasteiger partial charge in [-0.15, -0.1) is 0 Å². The van der Waals surface area contributed by atoms with Gasteiger partial charge in [0.15, 0.2) is 0 Å². The average molecular weight is 286 g/mol. The summed E-state index contributed by atoms with van der Waals surface area (Å²) >= 11 is 0. The first kappa shape index (κ1) is 17.2. The molecule has 0 atom stereocenters. The average Bonchev–Trinajstić information content (AvgIpc) is 2.17. The molecule has 0 aliphatic rings. The molecule has 0 aliphatic heterocycles. The van der Waals surface area contributed by atoms with E-state index in [9.17, 15) is 9.59 Å². The lowest BCUT2D eigenvalue weighted by atomic mass is 10.9. The Balaban J connectivity index is 4.74. The molecule has 0 saturated carbocycles. The van der Waals surface area contributed by atoms with Crippen molar-refractivity contribution in [3.63, 3.8) is 0 Å². The van der Waals surface area contributed by atoms with E-state index >= 15 is 0 Å². The fraction of sp³-hybridized carbons (Fsp3) is 1.00. The van der Waals surface area contributed by atoms with Crippen LogP contribution in [0.25, 0.3) is 0 Å². The molecular formula is C8H22O7Si2. The van der Waals surface area contributed by atoms with Crippen molar-refractivity contribution in [2.45, 2.75) is 27.7 Å². The fourth-order valence-electron chi connectivity index (χ4n) is 1.12. The second-order valence-corrected chi connectivity index (χ2v) is 6.95. The Hall–Kier alpha value is 0.154. The molecule has 2 N–H and O–H groups in total. The monoisotopic (exact) mass is 286 g/mol. The standard InChI is InChI=1S/C8H22O7Si2/c1-5-11-16(9,10)15-17(12-6-2,13-7-3)14-8-4/h9-10H,5-8H2,1-4H3. The second-order valence-electron chi connectivity index (χ2n) is 2.88. The fourth-order valence-corrected chi connectivity index (χ4v) is 5.06. The first-order valence-electron chi connectivity index (χ1n) is 5.66. The Bertz CT molecular complexity index is 185. The molecule has 0 amide bonds. The van der Waals surface area contributed by atoms with E-state index in [1.165, 1.54) is 0 Å². The molecule has 0 aromatic heterocycles. The van der Waals surface area contributed by atoms with Gasteiger partial charge in [0, 0.05) is 26.4 Å². The van der Waals surface area contributed by atoms with Crippen molar-refractivity contribution in [1.82, 2.24) is 0 Å². The van der Waals surface area contributed by atoms with Crippen molar-refractivity contribution in [2.75, 3.05) is 26.4 Å². The molecule has 17 heavy (non-hydrogen) atoms. The van der Waals surface area contributed by atoms with Gasteiger partial charge in [-0.3, -0.25) is 0 Å². The van der Waals surface area contributed by atoms with Gasteiger partial charge in [0.05, 0.1) is 0 Å². The summed E-state index contributed by atoms with van der Waals surface area (Å²) in [5.41, 5.74) is 0. The summed E-state index contributed by atoms with van der Waals surface area (Å²) in [4.78, 5) is 19.1. The number of hydrogen-bond acceptors (Lipinski definition) is 7. The Labute approximate surface area is 104 Å². The molecule has 0 radical (unpaired) electrons. The minimum atomic E-state index is -4.26. The molecule has 0 unspecified atom stereocenters. The first-order chi connectivity index (χ1) is 7.95. The number of hydrogen-bond donors (Lipinski definition) is 2. The molecule has 0 rings (SSSR count). The van der Waals surface area contributed by atoms with Gasteiger partial charge in [-0.1, -0.05) is 0 Å².